The van der Waals surface area contributed by atoms with Crippen molar-refractivity contribution in [1.29, 1.82) is 0 Å². The first-order valence-electron chi connectivity index (χ1n) is 7.40. The number of aromatic amines is 2. The van der Waals surface area contributed by atoms with E-state index in [4.69, 9.17) is 0 Å². The molecule has 1 aromatic rings. The SMILES string of the molecule is CCCCCCC(=O)N/N=C(/CC)c1c(O)[nH]c(=O)[nH]c1=O. The van der Waals surface area contributed by atoms with E-state index in [0.29, 0.717) is 12.8 Å². The van der Waals surface area contributed by atoms with Crippen LogP contribution in [0.1, 0.15) is 57.9 Å². The fraction of sp³-hybridized carbons (Fsp3) is 0.571. The number of aromatic nitrogens is 2. The van der Waals surface area contributed by atoms with Gasteiger partial charge in [-0.3, -0.25) is 19.6 Å². The lowest BCUT2D eigenvalue weighted by atomic mass is 10.1. The summed E-state index contributed by atoms with van der Waals surface area (Å²) in [5.74, 6) is -0.811. The monoisotopic (exact) mass is 310 g/mol. The molecule has 0 aromatic carbocycles. The Morgan fingerprint density at radius 1 is 1.18 bits per heavy atom. The van der Waals surface area contributed by atoms with Crippen molar-refractivity contribution in [2.75, 3.05) is 0 Å². The van der Waals surface area contributed by atoms with Gasteiger partial charge in [-0.2, -0.15) is 5.10 Å². The predicted molar refractivity (Wildman–Crippen MR) is 83.1 cm³/mol. The first-order valence-corrected chi connectivity index (χ1v) is 7.40. The number of carbonyl (C=O) groups is 1. The van der Waals surface area contributed by atoms with Crippen molar-refractivity contribution in [3.8, 4) is 5.88 Å². The number of amides is 1. The summed E-state index contributed by atoms with van der Waals surface area (Å²) in [6.07, 6.45) is 4.59. The highest BCUT2D eigenvalue weighted by atomic mass is 16.3. The van der Waals surface area contributed by atoms with E-state index < -0.39 is 17.1 Å². The minimum atomic E-state index is -0.804. The Morgan fingerprint density at radius 3 is 2.50 bits per heavy atom. The van der Waals surface area contributed by atoms with Gasteiger partial charge in [-0.15, -0.1) is 0 Å². The molecule has 0 fully saturated rings. The lowest BCUT2D eigenvalue weighted by Crippen LogP contribution is -2.29. The molecule has 0 bridgehead atoms. The number of H-pyrrole nitrogens is 2. The van der Waals surface area contributed by atoms with Crippen LogP contribution in [0.2, 0.25) is 0 Å². The topological polar surface area (TPSA) is 127 Å². The molecule has 1 aromatic heterocycles. The first-order chi connectivity index (χ1) is 10.5. The summed E-state index contributed by atoms with van der Waals surface area (Å²) in [7, 11) is 0. The first kappa shape index (κ1) is 17.7. The molecule has 22 heavy (non-hydrogen) atoms. The van der Waals surface area contributed by atoms with E-state index >= 15 is 0 Å². The van der Waals surface area contributed by atoms with Crippen LogP contribution in [0.5, 0.6) is 5.88 Å². The maximum Gasteiger partial charge on any atom is 0.328 e. The third kappa shape index (κ3) is 5.19. The molecule has 0 aliphatic carbocycles. The Bertz CT molecular complexity index is 645. The molecule has 0 atom stereocenters. The summed E-state index contributed by atoms with van der Waals surface area (Å²) in [4.78, 5) is 38.5. The van der Waals surface area contributed by atoms with E-state index in [0.717, 1.165) is 25.7 Å². The van der Waals surface area contributed by atoms with Crippen LogP contribution in [0.3, 0.4) is 0 Å². The lowest BCUT2D eigenvalue weighted by molar-refractivity contribution is -0.121. The molecule has 0 spiro atoms. The molecule has 8 heteroatoms. The Morgan fingerprint density at radius 2 is 1.91 bits per heavy atom. The van der Waals surface area contributed by atoms with Gasteiger partial charge in [-0.05, 0) is 12.8 Å². The van der Waals surface area contributed by atoms with Gasteiger partial charge in [0.25, 0.3) is 5.56 Å². The fourth-order valence-electron chi connectivity index (χ4n) is 1.95. The van der Waals surface area contributed by atoms with Gasteiger partial charge in [0, 0.05) is 6.42 Å². The Kier molecular flexibility index (Phi) is 7.07. The molecule has 122 valence electrons. The average molecular weight is 310 g/mol. The second-order valence-electron chi connectivity index (χ2n) is 4.89. The van der Waals surface area contributed by atoms with Crippen molar-refractivity contribution in [3.05, 3.63) is 26.4 Å². The van der Waals surface area contributed by atoms with Crippen molar-refractivity contribution in [2.24, 2.45) is 5.10 Å². The molecule has 0 unspecified atom stereocenters. The van der Waals surface area contributed by atoms with E-state index in [2.05, 4.69) is 22.4 Å². The quantitative estimate of drug-likeness (QED) is 0.324. The molecule has 0 aliphatic heterocycles. The second-order valence-corrected chi connectivity index (χ2v) is 4.89. The van der Waals surface area contributed by atoms with Crippen LogP contribution in [-0.2, 0) is 4.79 Å². The van der Waals surface area contributed by atoms with E-state index in [1.807, 2.05) is 4.98 Å². The summed E-state index contributed by atoms with van der Waals surface area (Å²) in [5, 5.41) is 13.5. The standard InChI is InChI=1S/C14H22N4O4/c1-3-5-6-7-8-10(19)18-17-9(4-2)11-12(20)15-14(22)16-13(11)21/h3-8H2,1-2H3,(H,18,19)(H3,15,16,20,21,22)/b17-9-. The van der Waals surface area contributed by atoms with Gasteiger partial charge in [0.2, 0.25) is 11.8 Å². The van der Waals surface area contributed by atoms with E-state index in [-0.39, 0.29) is 17.2 Å². The van der Waals surface area contributed by atoms with Crippen molar-refractivity contribution in [1.82, 2.24) is 15.4 Å². The number of unbranched alkanes of at least 4 members (excludes halogenated alkanes) is 3. The Labute approximate surface area is 127 Å². The Balaban J connectivity index is 2.78. The summed E-state index contributed by atoms with van der Waals surface area (Å²) in [6.45, 7) is 3.81. The zero-order chi connectivity index (χ0) is 16.5. The smallest absolute Gasteiger partial charge is 0.328 e. The molecule has 0 saturated carbocycles. The maximum atomic E-state index is 11.7. The highest BCUT2D eigenvalue weighted by Crippen LogP contribution is 2.09. The zero-order valence-electron chi connectivity index (χ0n) is 12.9. The minimum absolute atomic E-state index is 0.145. The van der Waals surface area contributed by atoms with Gasteiger partial charge in [0.05, 0.1) is 5.71 Å². The second kappa shape index (κ2) is 8.81. The molecule has 1 rings (SSSR count). The van der Waals surface area contributed by atoms with Gasteiger partial charge >= 0.3 is 5.69 Å². The van der Waals surface area contributed by atoms with Gasteiger partial charge in [-0.25, -0.2) is 10.2 Å². The summed E-state index contributed by atoms with van der Waals surface area (Å²) >= 11 is 0. The van der Waals surface area contributed by atoms with Crippen molar-refractivity contribution in [2.45, 2.75) is 52.4 Å². The van der Waals surface area contributed by atoms with Crippen molar-refractivity contribution in [3.63, 3.8) is 0 Å². The van der Waals surface area contributed by atoms with E-state index in [1.54, 1.807) is 6.92 Å². The number of nitrogens with zero attached hydrogens (tertiary/aromatic N) is 1. The predicted octanol–water partition coefficient (Wildman–Crippen LogP) is 0.969. The molecule has 0 radical (unpaired) electrons. The van der Waals surface area contributed by atoms with Crippen LogP contribution in [0.25, 0.3) is 0 Å². The number of hydrogen-bond acceptors (Lipinski definition) is 5. The average Bonchev–Trinajstić information content (AvgIpc) is 2.46. The van der Waals surface area contributed by atoms with Crippen LogP contribution < -0.4 is 16.7 Å². The van der Waals surface area contributed by atoms with Crippen LogP contribution in [0.15, 0.2) is 14.7 Å². The molecule has 0 saturated heterocycles. The van der Waals surface area contributed by atoms with Gasteiger partial charge in [0.1, 0.15) is 5.56 Å². The van der Waals surface area contributed by atoms with Crippen LogP contribution in [0, 0.1) is 0 Å². The normalized spacial score (nSPS) is 11.5. The molecular weight excluding hydrogens is 288 g/mol. The molecule has 1 heterocycles. The fourth-order valence-corrected chi connectivity index (χ4v) is 1.95. The third-order valence-electron chi connectivity index (χ3n) is 3.12. The number of hydrazone groups is 1. The molecule has 4 N–H and O–H groups in total. The maximum absolute atomic E-state index is 11.7. The van der Waals surface area contributed by atoms with Crippen LogP contribution >= 0.6 is 0 Å². The van der Waals surface area contributed by atoms with Gasteiger partial charge < -0.3 is 5.11 Å². The number of nitrogens with one attached hydrogen (secondary N) is 3. The molecule has 8 nitrogen and oxygen atoms in total. The summed E-state index contributed by atoms with van der Waals surface area (Å²) in [5.41, 5.74) is 0.863. The zero-order valence-corrected chi connectivity index (χ0v) is 12.9. The van der Waals surface area contributed by atoms with Crippen LogP contribution in [-0.4, -0.2) is 26.7 Å². The number of rotatable bonds is 8. The van der Waals surface area contributed by atoms with Crippen molar-refractivity contribution >= 4 is 11.6 Å². The Hall–Kier alpha value is -2.38. The van der Waals surface area contributed by atoms with E-state index in [9.17, 15) is 19.5 Å². The molecular formula is C14H22N4O4. The van der Waals surface area contributed by atoms with E-state index in [1.165, 1.54) is 0 Å². The third-order valence-corrected chi connectivity index (χ3v) is 3.12. The number of aromatic hydroxyl groups is 1. The van der Waals surface area contributed by atoms with Crippen molar-refractivity contribution < 1.29 is 9.90 Å². The summed E-state index contributed by atoms with van der Waals surface area (Å²) < 4.78 is 0. The summed E-state index contributed by atoms with van der Waals surface area (Å²) in [6, 6.07) is 0. The highest BCUT2D eigenvalue weighted by Gasteiger charge is 2.14. The van der Waals surface area contributed by atoms with Crippen LogP contribution in [0.4, 0.5) is 0 Å². The largest absolute Gasteiger partial charge is 0.494 e. The highest BCUT2D eigenvalue weighted by molar-refractivity contribution is 6.02. The number of carbonyl (C=O) groups excluding carboxylic acids is 1. The molecule has 1 amide bonds. The van der Waals surface area contributed by atoms with Gasteiger partial charge in [-0.1, -0.05) is 33.1 Å². The number of hydrogen-bond donors (Lipinski definition) is 4. The minimum Gasteiger partial charge on any atom is -0.494 e. The lowest BCUT2D eigenvalue weighted by Gasteiger charge is -2.06. The van der Waals surface area contributed by atoms with Gasteiger partial charge in [0.15, 0.2) is 0 Å². The molecule has 0 aliphatic rings.